The molecule has 0 saturated heterocycles. The Kier molecular flexibility index (Phi) is 16.9. The maximum Gasteiger partial charge on any atom is 0.271 e. The number of nitrogens with one attached hydrogen (secondary N) is 1. The van der Waals surface area contributed by atoms with Crippen LogP contribution in [0.15, 0.2) is 146 Å². The highest BCUT2D eigenvalue weighted by atomic mass is 28.3. The molecule has 366 valence electrons. The van der Waals surface area contributed by atoms with E-state index in [4.69, 9.17) is 19.7 Å². The molecule has 0 radical (unpaired) electrons. The normalized spacial score (nSPS) is 11.9. The van der Waals surface area contributed by atoms with E-state index in [9.17, 15) is 20.2 Å². The Morgan fingerprint density at radius 1 is 0.549 bits per heavy atom. The van der Waals surface area contributed by atoms with E-state index in [1.54, 1.807) is 18.2 Å². The molecular weight excluding hydrogens is 925 g/mol. The van der Waals surface area contributed by atoms with Crippen LogP contribution in [0.1, 0.15) is 22.5 Å². The molecular formula is C55H62N8O6Si2. The highest BCUT2D eigenvalue weighted by Crippen LogP contribution is 2.32. The van der Waals surface area contributed by atoms with Crippen molar-refractivity contribution < 1.29 is 19.3 Å². The third-order valence-electron chi connectivity index (χ3n) is 11.6. The molecule has 71 heavy (non-hydrogen) atoms. The number of anilines is 4. The van der Waals surface area contributed by atoms with Gasteiger partial charge in [-0.25, -0.2) is 9.36 Å². The lowest BCUT2D eigenvalue weighted by molar-refractivity contribution is -0.385. The van der Waals surface area contributed by atoms with Crippen molar-refractivity contribution >= 4 is 96.4 Å². The van der Waals surface area contributed by atoms with Crippen LogP contribution in [0.3, 0.4) is 0 Å². The number of ether oxygens (including phenoxy) is 2. The molecule has 16 heteroatoms. The predicted octanol–water partition coefficient (Wildman–Crippen LogP) is 14.4. The lowest BCUT2D eigenvalue weighted by Gasteiger charge is -2.20. The Balaban J connectivity index is 0.000000209. The number of hydrogen-bond acceptors (Lipinski definition) is 10. The highest BCUT2D eigenvalue weighted by Gasteiger charge is 2.17. The van der Waals surface area contributed by atoms with Crippen molar-refractivity contribution in [1.82, 2.24) is 19.6 Å². The third kappa shape index (κ3) is 14.8. The van der Waals surface area contributed by atoms with E-state index in [0.29, 0.717) is 32.4 Å². The summed E-state index contributed by atoms with van der Waals surface area (Å²) in [4.78, 5) is 23.5. The van der Waals surface area contributed by atoms with Gasteiger partial charge in [0, 0.05) is 94.2 Å². The quantitative estimate of drug-likeness (QED) is 0.0337. The first kappa shape index (κ1) is 51.3. The van der Waals surface area contributed by atoms with Gasteiger partial charge in [0.1, 0.15) is 13.5 Å². The highest BCUT2D eigenvalue weighted by molar-refractivity contribution is 6.76. The maximum atomic E-state index is 11.2. The van der Waals surface area contributed by atoms with Crippen LogP contribution in [0.25, 0.3) is 46.1 Å². The van der Waals surface area contributed by atoms with Gasteiger partial charge in [0.2, 0.25) is 0 Å². The first-order valence-electron chi connectivity index (χ1n) is 23.6. The molecule has 0 amide bonds. The molecule has 0 aliphatic rings. The molecule has 0 aliphatic carbocycles. The SMILES string of the molecule is CN(c1cccc([N+](=O)[O-])c1)c1ccc2c(/C=C/c3ccccc3)nn(COCC[Si](C)(C)C)c2c1.C[Si](C)(C)CCOCn1nc(/C=C/c2ccccc2)c2ccc(Nc3cccc([N+](=O)[O-])c3)cc21. The Labute approximate surface area is 417 Å². The van der Waals surface area contributed by atoms with Crippen LogP contribution in [0.4, 0.5) is 34.1 Å². The molecule has 0 saturated carbocycles. The summed E-state index contributed by atoms with van der Waals surface area (Å²) in [5.41, 5.74) is 9.05. The topological polar surface area (TPSA) is 156 Å². The molecule has 8 rings (SSSR count). The molecule has 0 aliphatic heterocycles. The van der Waals surface area contributed by atoms with Crippen LogP contribution in [-0.2, 0) is 22.9 Å². The molecule has 0 fully saturated rings. The molecule has 0 atom stereocenters. The summed E-state index contributed by atoms with van der Waals surface area (Å²) in [6.45, 7) is 16.1. The van der Waals surface area contributed by atoms with Gasteiger partial charge in [0.15, 0.2) is 0 Å². The lowest BCUT2D eigenvalue weighted by Crippen LogP contribution is -2.22. The summed E-state index contributed by atoms with van der Waals surface area (Å²) < 4.78 is 15.8. The zero-order valence-electron chi connectivity index (χ0n) is 41.5. The fourth-order valence-electron chi connectivity index (χ4n) is 7.48. The van der Waals surface area contributed by atoms with E-state index in [1.807, 2.05) is 112 Å². The van der Waals surface area contributed by atoms with E-state index in [2.05, 4.69) is 87.1 Å². The molecule has 6 aromatic carbocycles. The monoisotopic (exact) mass is 986 g/mol. The molecule has 0 spiro atoms. The van der Waals surface area contributed by atoms with Gasteiger partial charge in [-0.15, -0.1) is 0 Å². The van der Waals surface area contributed by atoms with Crippen LogP contribution in [0.5, 0.6) is 0 Å². The Bertz CT molecular complexity index is 3140. The van der Waals surface area contributed by atoms with Gasteiger partial charge < -0.3 is 19.7 Å². The number of nitrogens with zero attached hydrogens (tertiary/aromatic N) is 7. The minimum Gasteiger partial charge on any atom is -0.360 e. The molecule has 0 bridgehead atoms. The van der Waals surface area contributed by atoms with E-state index < -0.39 is 21.1 Å². The third-order valence-corrected chi connectivity index (χ3v) is 15.0. The van der Waals surface area contributed by atoms with Gasteiger partial charge in [-0.1, -0.05) is 124 Å². The van der Waals surface area contributed by atoms with Gasteiger partial charge >= 0.3 is 0 Å². The lowest BCUT2D eigenvalue weighted by atomic mass is 10.1. The fourth-order valence-corrected chi connectivity index (χ4v) is 9.00. The standard InChI is InChI=1S/C28H32N4O3Si.C27H30N4O3Si/c1-30(23-11-8-12-25(19-23)32(33)34)24-14-15-26-27(16-13-22-9-6-5-7-10-22)29-31(28(26)20-24)21-35-17-18-36(2,3)4;1-35(2,3)17-16-34-20-30-27-19-23(28-22-10-7-11-24(18-22)31(32)33)13-14-25(27)26(29-30)15-12-21-8-5-4-6-9-21/h5-16,19-20H,17-18,21H2,1-4H3;4-15,18-19,28H,16-17,20H2,1-3H3/b16-13+;15-12+. The molecule has 8 aromatic rings. The number of hydrogen-bond donors (Lipinski definition) is 1. The Morgan fingerprint density at radius 3 is 1.54 bits per heavy atom. The van der Waals surface area contributed by atoms with Crippen LogP contribution in [0.2, 0.25) is 51.4 Å². The second-order valence-electron chi connectivity index (χ2n) is 19.7. The van der Waals surface area contributed by atoms with Crippen LogP contribution >= 0.6 is 0 Å². The minimum absolute atomic E-state index is 0.0465. The summed E-state index contributed by atoms with van der Waals surface area (Å²) in [6, 6.07) is 47.7. The van der Waals surface area contributed by atoms with Crippen molar-refractivity contribution in [3.8, 4) is 0 Å². The minimum atomic E-state index is -1.19. The summed E-state index contributed by atoms with van der Waals surface area (Å²) in [7, 11) is -0.467. The first-order chi connectivity index (χ1) is 34.0. The van der Waals surface area contributed by atoms with Gasteiger partial charge in [-0.3, -0.25) is 20.2 Å². The molecule has 1 N–H and O–H groups in total. The van der Waals surface area contributed by atoms with Gasteiger partial charge in [-0.05, 0) is 83.9 Å². The van der Waals surface area contributed by atoms with E-state index in [-0.39, 0.29) is 16.3 Å². The second kappa shape index (κ2) is 23.4. The van der Waals surface area contributed by atoms with Crippen molar-refractivity contribution in [3.63, 3.8) is 0 Å². The summed E-state index contributed by atoms with van der Waals surface area (Å²) in [5.74, 6) is 0. The average molecular weight is 987 g/mol. The van der Waals surface area contributed by atoms with Gasteiger partial charge in [-0.2, -0.15) is 10.2 Å². The molecule has 14 nitrogen and oxygen atoms in total. The molecule has 2 heterocycles. The molecule has 0 unspecified atom stereocenters. The van der Waals surface area contributed by atoms with Crippen molar-refractivity contribution in [2.45, 2.75) is 64.8 Å². The number of non-ortho nitro benzene ring substituents is 2. The predicted molar refractivity (Wildman–Crippen MR) is 296 cm³/mol. The van der Waals surface area contributed by atoms with Crippen LogP contribution in [-0.4, -0.2) is 65.8 Å². The van der Waals surface area contributed by atoms with Gasteiger partial charge in [0.05, 0.1) is 32.3 Å². The summed E-state index contributed by atoms with van der Waals surface area (Å²) in [5, 5.41) is 37.4. The second-order valence-corrected chi connectivity index (χ2v) is 30.9. The number of fused-ring (bicyclic) bond motifs is 2. The summed E-state index contributed by atoms with van der Waals surface area (Å²) in [6.07, 6.45) is 8.15. The number of aromatic nitrogens is 4. The molecule has 2 aromatic heterocycles. The number of rotatable bonds is 20. The average Bonchev–Trinajstić information content (AvgIpc) is 3.89. The number of nitro benzene ring substituents is 2. The first-order valence-corrected chi connectivity index (χ1v) is 31.0. The van der Waals surface area contributed by atoms with Crippen molar-refractivity contribution in [2.75, 3.05) is 30.5 Å². The van der Waals surface area contributed by atoms with E-state index in [0.717, 1.165) is 73.5 Å². The summed E-state index contributed by atoms with van der Waals surface area (Å²) >= 11 is 0. The van der Waals surface area contributed by atoms with Crippen molar-refractivity contribution in [2.24, 2.45) is 0 Å². The smallest absolute Gasteiger partial charge is 0.271 e. The Morgan fingerprint density at radius 2 is 1.01 bits per heavy atom. The number of benzene rings is 6. The van der Waals surface area contributed by atoms with Crippen molar-refractivity contribution in [3.05, 3.63) is 188 Å². The van der Waals surface area contributed by atoms with Gasteiger partial charge in [0.25, 0.3) is 11.4 Å². The largest absolute Gasteiger partial charge is 0.360 e. The zero-order valence-corrected chi connectivity index (χ0v) is 43.5. The van der Waals surface area contributed by atoms with E-state index >= 15 is 0 Å². The number of nitro groups is 2. The van der Waals surface area contributed by atoms with Crippen LogP contribution in [0, 0.1) is 20.2 Å². The Hall–Kier alpha value is -7.51. The van der Waals surface area contributed by atoms with Crippen molar-refractivity contribution in [1.29, 1.82) is 0 Å². The van der Waals surface area contributed by atoms with E-state index in [1.165, 1.54) is 18.2 Å². The zero-order chi connectivity index (χ0) is 50.5. The van der Waals surface area contributed by atoms with Crippen LogP contribution < -0.4 is 10.2 Å². The maximum absolute atomic E-state index is 11.2. The fraction of sp³-hybridized carbons (Fsp3) is 0.236.